The molecule has 1 aliphatic carbocycles. The van der Waals surface area contributed by atoms with Crippen molar-refractivity contribution in [3.05, 3.63) is 23.8 Å². The van der Waals surface area contributed by atoms with Gasteiger partial charge in [-0.25, -0.2) is 0 Å². The van der Waals surface area contributed by atoms with Crippen LogP contribution >= 0.6 is 0 Å². The number of carbonyl (C=O) groups excluding carboxylic acids is 1. The molecule has 0 saturated carbocycles. The van der Waals surface area contributed by atoms with Crippen molar-refractivity contribution in [2.75, 3.05) is 0 Å². The van der Waals surface area contributed by atoms with Crippen LogP contribution in [0.1, 0.15) is 33.6 Å². The van der Waals surface area contributed by atoms with Crippen LogP contribution in [0.5, 0.6) is 0 Å². The molecule has 0 aromatic rings. The summed E-state index contributed by atoms with van der Waals surface area (Å²) in [6, 6.07) is 0. The van der Waals surface area contributed by atoms with E-state index in [0.29, 0.717) is 6.42 Å². The molecular weight excluding hydrogens is 204 g/mol. The van der Waals surface area contributed by atoms with Crippen LogP contribution in [-0.4, -0.2) is 16.9 Å². The van der Waals surface area contributed by atoms with Crippen molar-refractivity contribution in [3.8, 4) is 0 Å². The lowest BCUT2D eigenvalue weighted by molar-refractivity contribution is -0.137. The number of carboxylic acids is 1. The standard InChI is InChI=1S/C13H18O3/c1-13(2,3)10-8-9(4-6-11(10)14)5-7-12(15)16/h4,6,8-9H,5,7H2,1-3H3,(H,15,16). The van der Waals surface area contributed by atoms with Crippen molar-refractivity contribution >= 4 is 11.8 Å². The minimum absolute atomic E-state index is 0.0408. The first-order valence-corrected chi connectivity index (χ1v) is 5.47. The molecule has 0 spiro atoms. The van der Waals surface area contributed by atoms with Crippen molar-refractivity contribution < 1.29 is 14.7 Å². The summed E-state index contributed by atoms with van der Waals surface area (Å²) in [5, 5.41) is 8.61. The Morgan fingerprint density at radius 3 is 2.56 bits per heavy atom. The van der Waals surface area contributed by atoms with Gasteiger partial charge in [0.25, 0.3) is 0 Å². The van der Waals surface area contributed by atoms with Crippen LogP contribution in [0.25, 0.3) is 0 Å². The van der Waals surface area contributed by atoms with Crippen LogP contribution in [-0.2, 0) is 9.59 Å². The highest BCUT2D eigenvalue weighted by atomic mass is 16.4. The minimum atomic E-state index is -0.795. The minimum Gasteiger partial charge on any atom is -0.481 e. The highest BCUT2D eigenvalue weighted by molar-refractivity contribution is 6.05. The Hall–Kier alpha value is -1.38. The average Bonchev–Trinajstić information content (AvgIpc) is 2.14. The predicted octanol–water partition coefficient (Wildman–Crippen LogP) is 2.58. The van der Waals surface area contributed by atoms with Gasteiger partial charge in [0.1, 0.15) is 0 Å². The monoisotopic (exact) mass is 222 g/mol. The largest absolute Gasteiger partial charge is 0.481 e. The molecule has 88 valence electrons. The van der Waals surface area contributed by atoms with E-state index < -0.39 is 5.97 Å². The molecule has 0 fully saturated rings. The normalized spacial score (nSPS) is 20.8. The highest BCUT2D eigenvalue weighted by Crippen LogP contribution is 2.31. The molecule has 0 aromatic heterocycles. The summed E-state index contributed by atoms with van der Waals surface area (Å²) in [6.07, 6.45) is 5.95. The Morgan fingerprint density at radius 1 is 1.44 bits per heavy atom. The van der Waals surface area contributed by atoms with Crippen LogP contribution in [0.15, 0.2) is 23.8 Å². The van der Waals surface area contributed by atoms with Gasteiger partial charge in [0.05, 0.1) is 0 Å². The number of allylic oxidation sites excluding steroid dienone is 4. The zero-order valence-electron chi connectivity index (χ0n) is 9.99. The van der Waals surface area contributed by atoms with Crippen LogP contribution < -0.4 is 0 Å². The molecule has 1 N–H and O–H groups in total. The van der Waals surface area contributed by atoms with Gasteiger partial charge in [0, 0.05) is 12.0 Å². The molecule has 3 nitrogen and oxygen atoms in total. The molecular formula is C13H18O3. The first-order chi connectivity index (χ1) is 7.30. The Morgan fingerprint density at radius 2 is 2.06 bits per heavy atom. The number of aliphatic carboxylic acids is 1. The Labute approximate surface area is 95.9 Å². The van der Waals surface area contributed by atoms with Crippen molar-refractivity contribution in [1.82, 2.24) is 0 Å². The van der Waals surface area contributed by atoms with Crippen molar-refractivity contribution in [2.24, 2.45) is 11.3 Å². The number of ketones is 1. The Kier molecular flexibility index (Phi) is 3.68. The molecule has 1 unspecified atom stereocenters. The molecule has 1 aliphatic rings. The maximum atomic E-state index is 11.7. The fourth-order valence-electron chi connectivity index (χ4n) is 1.74. The molecule has 0 saturated heterocycles. The van der Waals surface area contributed by atoms with Crippen LogP contribution in [0, 0.1) is 11.3 Å². The van der Waals surface area contributed by atoms with E-state index >= 15 is 0 Å². The molecule has 1 atom stereocenters. The SMILES string of the molecule is CC(C)(C)C1=CC(CCC(=O)O)C=CC1=O. The van der Waals surface area contributed by atoms with Gasteiger partial charge in [-0.1, -0.05) is 32.9 Å². The molecule has 0 radical (unpaired) electrons. The van der Waals surface area contributed by atoms with Crippen LogP contribution in [0.4, 0.5) is 0 Å². The molecule has 1 rings (SSSR count). The molecule has 0 aliphatic heterocycles. The maximum absolute atomic E-state index is 11.7. The van der Waals surface area contributed by atoms with Gasteiger partial charge < -0.3 is 5.11 Å². The van der Waals surface area contributed by atoms with Gasteiger partial charge in [-0.2, -0.15) is 0 Å². The lowest BCUT2D eigenvalue weighted by atomic mass is 9.78. The van der Waals surface area contributed by atoms with E-state index in [4.69, 9.17) is 5.11 Å². The summed E-state index contributed by atoms with van der Waals surface area (Å²) in [6.45, 7) is 5.97. The number of rotatable bonds is 3. The number of carbonyl (C=O) groups is 2. The zero-order valence-corrected chi connectivity index (χ0v) is 9.99. The fourth-order valence-corrected chi connectivity index (χ4v) is 1.74. The molecule has 0 aromatic carbocycles. The molecule has 16 heavy (non-hydrogen) atoms. The summed E-state index contributed by atoms with van der Waals surface area (Å²) >= 11 is 0. The second-order valence-electron chi connectivity index (χ2n) is 5.15. The first kappa shape index (κ1) is 12.7. The van der Waals surface area contributed by atoms with Gasteiger partial charge in [0.2, 0.25) is 0 Å². The van der Waals surface area contributed by atoms with E-state index in [-0.39, 0.29) is 23.5 Å². The molecule has 3 heteroatoms. The highest BCUT2D eigenvalue weighted by Gasteiger charge is 2.25. The summed E-state index contributed by atoms with van der Waals surface area (Å²) in [5.74, 6) is -0.682. The van der Waals surface area contributed by atoms with E-state index in [2.05, 4.69) is 0 Å². The van der Waals surface area contributed by atoms with E-state index in [1.54, 1.807) is 12.2 Å². The van der Waals surface area contributed by atoms with E-state index in [1.807, 2.05) is 26.8 Å². The van der Waals surface area contributed by atoms with E-state index in [0.717, 1.165) is 5.57 Å². The summed E-state index contributed by atoms with van der Waals surface area (Å²) < 4.78 is 0. The zero-order chi connectivity index (χ0) is 12.3. The van der Waals surface area contributed by atoms with Gasteiger partial charge in [-0.15, -0.1) is 0 Å². The Balaban J connectivity index is 2.76. The van der Waals surface area contributed by atoms with Crippen molar-refractivity contribution in [2.45, 2.75) is 33.6 Å². The fraction of sp³-hybridized carbons (Fsp3) is 0.538. The number of hydrogen-bond acceptors (Lipinski definition) is 2. The summed E-state index contributed by atoms with van der Waals surface area (Å²) in [5.41, 5.74) is 0.606. The third kappa shape index (κ3) is 3.33. The molecule has 0 amide bonds. The van der Waals surface area contributed by atoms with E-state index in [9.17, 15) is 9.59 Å². The maximum Gasteiger partial charge on any atom is 0.303 e. The lowest BCUT2D eigenvalue weighted by Crippen LogP contribution is -2.20. The quantitative estimate of drug-likeness (QED) is 0.798. The van der Waals surface area contributed by atoms with Gasteiger partial charge in [-0.05, 0) is 23.8 Å². The van der Waals surface area contributed by atoms with Gasteiger partial charge >= 0.3 is 5.97 Å². The summed E-state index contributed by atoms with van der Waals surface area (Å²) in [4.78, 5) is 22.1. The van der Waals surface area contributed by atoms with Crippen LogP contribution in [0.3, 0.4) is 0 Å². The second kappa shape index (κ2) is 4.64. The van der Waals surface area contributed by atoms with Crippen LogP contribution in [0.2, 0.25) is 0 Å². The molecule has 0 heterocycles. The summed E-state index contributed by atoms with van der Waals surface area (Å²) in [7, 11) is 0. The third-order valence-electron chi connectivity index (χ3n) is 2.64. The van der Waals surface area contributed by atoms with Crippen molar-refractivity contribution in [1.29, 1.82) is 0 Å². The van der Waals surface area contributed by atoms with Gasteiger partial charge in [0.15, 0.2) is 5.78 Å². The lowest BCUT2D eigenvalue weighted by Gasteiger charge is -2.25. The third-order valence-corrected chi connectivity index (χ3v) is 2.64. The smallest absolute Gasteiger partial charge is 0.303 e. The predicted molar refractivity (Wildman–Crippen MR) is 62.0 cm³/mol. The first-order valence-electron chi connectivity index (χ1n) is 5.47. The Bertz CT molecular complexity index is 356. The van der Waals surface area contributed by atoms with Gasteiger partial charge in [-0.3, -0.25) is 9.59 Å². The van der Waals surface area contributed by atoms with E-state index in [1.165, 1.54) is 0 Å². The number of carboxylic acid groups (broad SMARTS) is 1. The second-order valence-corrected chi connectivity index (χ2v) is 5.15. The number of hydrogen-bond donors (Lipinski definition) is 1. The average molecular weight is 222 g/mol. The van der Waals surface area contributed by atoms with Crippen molar-refractivity contribution in [3.63, 3.8) is 0 Å². The topological polar surface area (TPSA) is 54.4 Å². The molecule has 0 bridgehead atoms.